The highest BCUT2D eigenvalue weighted by Gasteiger charge is 2.12. The van der Waals surface area contributed by atoms with Gasteiger partial charge in [-0.05, 0) is 55.0 Å². The highest BCUT2D eigenvalue weighted by molar-refractivity contribution is 9.11. The molecule has 0 aromatic heterocycles. The SMILES string of the molecule is CCN/C(Br)=C(\C=N)CC(NC)/C(C)=C\NC. The summed E-state index contributed by atoms with van der Waals surface area (Å²) in [5.41, 5.74) is 2.17. The summed E-state index contributed by atoms with van der Waals surface area (Å²) in [5, 5.41) is 16.9. The van der Waals surface area contributed by atoms with Gasteiger partial charge in [0.15, 0.2) is 0 Å². The zero-order valence-electron chi connectivity index (χ0n) is 11.0. The number of halogens is 1. The highest BCUT2D eigenvalue weighted by Crippen LogP contribution is 2.16. The Hall–Kier alpha value is -0.810. The second-order valence-electron chi connectivity index (χ2n) is 3.74. The molecule has 0 heterocycles. The van der Waals surface area contributed by atoms with Crippen molar-refractivity contribution in [2.24, 2.45) is 0 Å². The van der Waals surface area contributed by atoms with E-state index in [2.05, 4.69) is 38.8 Å². The van der Waals surface area contributed by atoms with Crippen LogP contribution < -0.4 is 16.0 Å². The molecule has 0 amide bonds. The zero-order chi connectivity index (χ0) is 13.3. The molecule has 1 atom stereocenters. The van der Waals surface area contributed by atoms with Crippen molar-refractivity contribution in [1.82, 2.24) is 16.0 Å². The van der Waals surface area contributed by atoms with Crippen molar-refractivity contribution in [2.45, 2.75) is 26.3 Å². The van der Waals surface area contributed by atoms with E-state index in [1.807, 2.05) is 27.2 Å². The van der Waals surface area contributed by atoms with Gasteiger partial charge in [0.2, 0.25) is 0 Å². The maximum absolute atomic E-state index is 7.46. The summed E-state index contributed by atoms with van der Waals surface area (Å²) in [6.07, 6.45) is 4.14. The molecule has 0 aliphatic heterocycles. The van der Waals surface area contributed by atoms with Crippen molar-refractivity contribution in [3.8, 4) is 0 Å². The molecule has 0 saturated carbocycles. The average Bonchev–Trinajstić information content (AvgIpc) is 2.31. The lowest BCUT2D eigenvalue weighted by Crippen LogP contribution is -2.28. The molecule has 0 rings (SSSR count). The molecule has 0 fully saturated rings. The van der Waals surface area contributed by atoms with Crippen molar-refractivity contribution >= 4 is 22.1 Å². The van der Waals surface area contributed by atoms with E-state index in [1.54, 1.807) is 0 Å². The van der Waals surface area contributed by atoms with E-state index in [-0.39, 0.29) is 6.04 Å². The van der Waals surface area contributed by atoms with Crippen LogP contribution in [-0.4, -0.2) is 32.9 Å². The lowest BCUT2D eigenvalue weighted by molar-refractivity contribution is 0.630. The zero-order valence-corrected chi connectivity index (χ0v) is 12.6. The van der Waals surface area contributed by atoms with Crippen molar-refractivity contribution in [3.63, 3.8) is 0 Å². The van der Waals surface area contributed by atoms with Gasteiger partial charge in [0.1, 0.15) is 0 Å². The highest BCUT2D eigenvalue weighted by atomic mass is 79.9. The maximum atomic E-state index is 7.46. The van der Waals surface area contributed by atoms with Gasteiger partial charge in [0.05, 0.1) is 4.61 Å². The fourth-order valence-corrected chi connectivity index (χ4v) is 2.08. The largest absolute Gasteiger partial charge is 0.394 e. The van der Waals surface area contributed by atoms with Crippen LogP contribution in [0.1, 0.15) is 20.3 Å². The van der Waals surface area contributed by atoms with E-state index in [4.69, 9.17) is 5.41 Å². The Bertz CT molecular complexity index is 297. The van der Waals surface area contributed by atoms with Gasteiger partial charge in [-0.3, -0.25) is 0 Å². The lowest BCUT2D eigenvalue weighted by Gasteiger charge is -2.18. The number of nitrogens with one attached hydrogen (secondary N) is 4. The molecule has 0 radical (unpaired) electrons. The molecule has 0 aromatic carbocycles. The summed E-state index contributed by atoms with van der Waals surface area (Å²) in [6, 6.07) is 0.227. The first-order valence-electron chi connectivity index (χ1n) is 5.74. The average molecular weight is 303 g/mol. The Labute approximate surface area is 113 Å². The molecule has 5 heteroatoms. The summed E-state index contributed by atoms with van der Waals surface area (Å²) in [4.78, 5) is 0. The molecular weight excluding hydrogens is 280 g/mol. The smallest absolute Gasteiger partial charge is 0.0828 e. The van der Waals surface area contributed by atoms with Crippen molar-refractivity contribution in [3.05, 3.63) is 22.0 Å². The summed E-state index contributed by atoms with van der Waals surface area (Å²) in [5.74, 6) is 0. The standard InChI is InChI=1S/C12H23BrN4/c1-5-17-12(13)10(7-14)6-11(16-4)9(2)8-15-3/h7-8,11,14-17H,5-6H2,1-4H3/b9-8-,12-10-,14-7?. The molecule has 0 aliphatic carbocycles. The van der Waals surface area contributed by atoms with Gasteiger partial charge in [-0.25, -0.2) is 0 Å². The Balaban J connectivity index is 4.80. The van der Waals surface area contributed by atoms with Gasteiger partial charge in [-0.1, -0.05) is 0 Å². The fraction of sp³-hybridized carbons (Fsp3) is 0.583. The molecular formula is C12H23BrN4. The van der Waals surface area contributed by atoms with Crippen LogP contribution in [0, 0.1) is 5.41 Å². The molecule has 0 saturated heterocycles. The molecule has 0 spiro atoms. The van der Waals surface area contributed by atoms with Crippen LogP contribution in [0.3, 0.4) is 0 Å². The number of likely N-dealkylation sites (N-methyl/N-ethyl adjacent to an activating group) is 1. The lowest BCUT2D eigenvalue weighted by atomic mass is 10.0. The van der Waals surface area contributed by atoms with Gasteiger partial charge < -0.3 is 21.4 Å². The Kier molecular flexibility index (Phi) is 8.80. The molecule has 98 valence electrons. The third-order valence-corrected chi connectivity index (χ3v) is 3.27. The monoisotopic (exact) mass is 302 g/mol. The van der Waals surface area contributed by atoms with Crippen molar-refractivity contribution < 1.29 is 0 Å². The summed E-state index contributed by atoms with van der Waals surface area (Å²) >= 11 is 3.46. The predicted molar refractivity (Wildman–Crippen MR) is 78.7 cm³/mol. The molecule has 17 heavy (non-hydrogen) atoms. The molecule has 1 unspecified atom stereocenters. The van der Waals surface area contributed by atoms with Crippen LogP contribution >= 0.6 is 15.9 Å². The first kappa shape index (κ1) is 16.2. The predicted octanol–water partition coefficient (Wildman–Crippen LogP) is 1.95. The minimum atomic E-state index is 0.227. The molecule has 0 aromatic rings. The topological polar surface area (TPSA) is 59.9 Å². The summed E-state index contributed by atoms with van der Waals surface area (Å²) in [7, 11) is 3.82. The van der Waals surface area contributed by atoms with Crippen molar-refractivity contribution in [2.75, 3.05) is 20.6 Å². The van der Waals surface area contributed by atoms with E-state index >= 15 is 0 Å². The molecule has 4 N–H and O–H groups in total. The quantitative estimate of drug-likeness (QED) is 0.409. The number of hydrogen-bond donors (Lipinski definition) is 4. The first-order chi connectivity index (χ1) is 8.10. The minimum absolute atomic E-state index is 0.227. The maximum Gasteiger partial charge on any atom is 0.0828 e. The normalized spacial score (nSPS) is 15.0. The van der Waals surface area contributed by atoms with Crippen LogP contribution in [0.2, 0.25) is 0 Å². The number of rotatable bonds is 8. The summed E-state index contributed by atoms with van der Waals surface area (Å²) in [6.45, 7) is 4.94. The van der Waals surface area contributed by atoms with Crippen LogP contribution in [0.4, 0.5) is 0 Å². The Morgan fingerprint density at radius 3 is 2.47 bits per heavy atom. The second kappa shape index (κ2) is 9.24. The van der Waals surface area contributed by atoms with Crippen LogP contribution in [0.25, 0.3) is 0 Å². The molecule has 4 nitrogen and oxygen atoms in total. The second-order valence-corrected chi connectivity index (χ2v) is 4.53. The first-order valence-corrected chi connectivity index (χ1v) is 6.54. The van der Waals surface area contributed by atoms with Crippen LogP contribution in [0.5, 0.6) is 0 Å². The summed E-state index contributed by atoms with van der Waals surface area (Å²) < 4.78 is 0.896. The van der Waals surface area contributed by atoms with E-state index < -0.39 is 0 Å². The number of hydrogen-bond acceptors (Lipinski definition) is 4. The van der Waals surface area contributed by atoms with Gasteiger partial charge in [0.25, 0.3) is 0 Å². The molecule has 0 bridgehead atoms. The third kappa shape index (κ3) is 5.89. The van der Waals surface area contributed by atoms with Crippen LogP contribution in [0.15, 0.2) is 22.0 Å². The van der Waals surface area contributed by atoms with E-state index in [0.29, 0.717) is 0 Å². The van der Waals surface area contributed by atoms with Crippen LogP contribution in [-0.2, 0) is 0 Å². The third-order valence-electron chi connectivity index (χ3n) is 2.48. The Morgan fingerprint density at radius 2 is 2.06 bits per heavy atom. The van der Waals surface area contributed by atoms with Crippen molar-refractivity contribution in [1.29, 1.82) is 5.41 Å². The van der Waals surface area contributed by atoms with E-state index in [0.717, 1.165) is 23.1 Å². The van der Waals surface area contributed by atoms with Gasteiger partial charge in [-0.15, -0.1) is 0 Å². The molecule has 0 aliphatic rings. The van der Waals surface area contributed by atoms with E-state index in [9.17, 15) is 0 Å². The van der Waals surface area contributed by atoms with Gasteiger partial charge in [-0.2, -0.15) is 0 Å². The van der Waals surface area contributed by atoms with Gasteiger partial charge in [0, 0.05) is 31.4 Å². The fourth-order valence-electron chi connectivity index (χ4n) is 1.52. The Morgan fingerprint density at radius 1 is 1.41 bits per heavy atom. The van der Waals surface area contributed by atoms with Gasteiger partial charge >= 0.3 is 0 Å². The van der Waals surface area contributed by atoms with E-state index in [1.165, 1.54) is 11.8 Å². The minimum Gasteiger partial charge on any atom is -0.394 e.